The van der Waals surface area contributed by atoms with E-state index in [1.54, 1.807) is 42.6 Å². The fourth-order valence-corrected chi connectivity index (χ4v) is 8.23. The number of hydrogen-bond donors (Lipinski definition) is 5. The molecule has 2 saturated heterocycles. The Balaban J connectivity index is 0.693. The van der Waals surface area contributed by atoms with Crippen molar-refractivity contribution in [2.75, 3.05) is 65.2 Å². The first-order valence-corrected chi connectivity index (χ1v) is 22.2. The van der Waals surface area contributed by atoms with Crippen LogP contribution in [0.4, 0.5) is 5.82 Å². The first kappa shape index (κ1) is 48.5. The molecule has 6 atom stereocenters. The number of aromatic nitrogens is 3. The normalized spacial score (nSPS) is 21.2. The zero-order valence-electron chi connectivity index (χ0n) is 36.1. The van der Waals surface area contributed by atoms with E-state index in [4.69, 9.17) is 45.8 Å². The number of hydrogen-bond acceptors (Lipinski definition) is 17. The number of nitrogens with two attached hydrogens (primary N) is 1. The molecule has 20 nitrogen and oxygen atoms in total. The van der Waals surface area contributed by atoms with Gasteiger partial charge in [-0.1, -0.05) is 29.8 Å². The van der Waals surface area contributed by atoms with Gasteiger partial charge in [0.2, 0.25) is 11.8 Å². The molecule has 0 bridgehead atoms. The summed E-state index contributed by atoms with van der Waals surface area (Å²) >= 11 is 6.36. The van der Waals surface area contributed by atoms with Crippen LogP contribution in [0.25, 0.3) is 11.0 Å². The van der Waals surface area contributed by atoms with E-state index in [9.17, 15) is 39.3 Å². The first-order chi connectivity index (χ1) is 31.9. The van der Waals surface area contributed by atoms with E-state index in [2.05, 4.69) is 15.3 Å². The summed E-state index contributed by atoms with van der Waals surface area (Å²) in [7, 11) is 0. The second-order valence-corrected chi connectivity index (χ2v) is 16.3. The molecule has 7 rings (SSSR count). The number of aliphatic hydroxyl groups excluding tert-OH is 3. The molecule has 2 aromatic heterocycles. The maximum atomic E-state index is 13.2. The third-order valence-corrected chi connectivity index (χ3v) is 11.8. The summed E-state index contributed by atoms with van der Waals surface area (Å²) in [5, 5.41) is 35.9. The number of ether oxygens (including phenoxy) is 6. The lowest BCUT2D eigenvalue weighted by Crippen LogP contribution is -2.54. The summed E-state index contributed by atoms with van der Waals surface area (Å²) in [5.74, 6) is -1.59. The molecule has 21 heteroatoms. The van der Waals surface area contributed by atoms with Crippen LogP contribution in [0.1, 0.15) is 82.7 Å². The van der Waals surface area contributed by atoms with Gasteiger partial charge in [0, 0.05) is 32.1 Å². The van der Waals surface area contributed by atoms with Crippen molar-refractivity contribution >= 4 is 57.9 Å². The molecule has 66 heavy (non-hydrogen) atoms. The topological polar surface area (TPSA) is 273 Å². The zero-order valence-corrected chi connectivity index (χ0v) is 36.8. The first-order valence-electron chi connectivity index (χ1n) is 21.8. The summed E-state index contributed by atoms with van der Waals surface area (Å²) < 4.78 is 35.6. The van der Waals surface area contributed by atoms with E-state index in [1.165, 1.54) is 17.0 Å². The van der Waals surface area contributed by atoms with E-state index in [-0.39, 0.29) is 66.8 Å². The van der Waals surface area contributed by atoms with Gasteiger partial charge in [0.1, 0.15) is 59.8 Å². The highest BCUT2D eigenvalue weighted by Gasteiger charge is 2.48. The van der Waals surface area contributed by atoms with Crippen molar-refractivity contribution in [1.82, 2.24) is 24.8 Å². The maximum Gasteiger partial charge on any atom is 0.262 e. The number of carbonyl (C=O) groups excluding carboxylic acids is 5. The van der Waals surface area contributed by atoms with Crippen LogP contribution < -0.4 is 15.8 Å². The summed E-state index contributed by atoms with van der Waals surface area (Å²) in [6.07, 6.45) is -1.36. The number of halogens is 1. The van der Waals surface area contributed by atoms with Gasteiger partial charge in [0.25, 0.3) is 11.8 Å². The Bertz CT molecular complexity index is 2380. The van der Waals surface area contributed by atoms with E-state index in [0.29, 0.717) is 93.2 Å². The van der Waals surface area contributed by atoms with Gasteiger partial charge in [-0.3, -0.25) is 34.2 Å². The van der Waals surface area contributed by atoms with Crippen LogP contribution in [0.5, 0.6) is 5.75 Å². The SMILES string of the molecule is Nc1ncnc2c1ccn2[C@@H]1O[C@H]([C@H](O)c2ccc(Cl)c(OCCCC(=O)CCOCCOCCOCCOCCCc3cccc4c3C(=O)N(C3CCC(=O)NC3=O)C4=O)c2)[C@@H](O)[C@H]1O. The van der Waals surface area contributed by atoms with Crippen LogP contribution in [-0.2, 0) is 44.5 Å². The summed E-state index contributed by atoms with van der Waals surface area (Å²) in [6, 6.07) is 10.4. The van der Waals surface area contributed by atoms with Crippen LogP contribution in [0.15, 0.2) is 55.0 Å². The summed E-state index contributed by atoms with van der Waals surface area (Å²) in [4.78, 5) is 71.8. The van der Waals surface area contributed by atoms with Crippen molar-refractivity contribution in [3.8, 4) is 5.75 Å². The largest absolute Gasteiger partial charge is 0.492 e. The minimum absolute atomic E-state index is 0.00374. The highest BCUT2D eigenvalue weighted by molar-refractivity contribution is 6.32. The molecule has 4 amide bonds. The second kappa shape index (κ2) is 22.9. The lowest BCUT2D eigenvalue weighted by molar-refractivity contribution is -0.136. The highest BCUT2D eigenvalue weighted by atomic mass is 35.5. The molecule has 0 saturated carbocycles. The number of nitrogens with one attached hydrogen (secondary N) is 1. The minimum Gasteiger partial charge on any atom is -0.492 e. The van der Waals surface area contributed by atoms with Crippen LogP contribution in [0.3, 0.4) is 0 Å². The van der Waals surface area contributed by atoms with E-state index >= 15 is 0 Å². The number of amides is 4. The van der Waals surface area contributed by atoms with Gasteiger partial charge >= 0.3 is 0 Å². The predicted molar refractivity (Wildman–Crippen MR) is 233 cm³/mol. The standard InChI is InChI=1S/C45H53ClN6O14/c46-31-9-8-27(36(55)39-37(56)38(57)45(66-39)51-14-12-30-40(47)48-25-49-41(30)51)24-33(31)65-16-3-6-28(53)13-17-62-19-21-64-23-22-63-20-18-61-15-2-5-26-4-1-7-29-35(26)44(60)52(43(29)59)32-10-11-34(54)50-42(32)58/h1,4,7-9,12,14,24-25,32,36-39,45,55-57H,2-3,5-6,10-11,13,15-23H2,(H2,47,48,49)(H,50,54,58)/t32?,36-,37+,38-,39-,45-/m1/s1. The smallest absolute Gasteiger partial charge is 0.262 e. The minimum atomic E-state index is -1.44. The Morgan fingerprint density at radius 3 is 2.35 bits per heavy atom. The van der Waals surface area contributed by atoms with Crippen molar-refractivity contribution < 1.29 is 67.7 Å². The number of ketones is 1. The van der Waals surface area contributed by atoms with Crippen LogP contribution >= 0.6 is 11.6 Å². The Hall–Kier alpha value is -5.42. The van der Waals surface area contributed by atoms with Crippen LogP contribution in [0.2, 0.25) is 5.02 Å². The van der Waals surface area contributed by atoms with Crippen molar-refractivity contribution in [3.63, 3.8) is 0 Å². The molecule has 2 aromatic carbocycles. The molecule has 4 aromatic rings. The van der Waals surface area contributed by atoms with E-state index in [0.717, 1.165) is 4.90 Å². The van der Waals surface area contributed by atoms with Crippen molar-refractivity contribution in [2.24, 2.45) is 0 Å². The third kappa shape index (κ3) is 11.4. The molecule has 0 radical (unpaired) electrons. The molecule has 5 heterocycles. The molecule has 6 N–H and O–H groups in total. The van der Waals surface area contributed by atoms with Gasteiger partial charge in [0.15, 0.2) is 6.23 Å². The zero-order chi connectivity index (χ0) is 46.7. The van der Waals surface area contributed by atoms with Gasteiger partial charge in [-0.2, -0.15) is 0 Å². The molecule has 0 aliphatic carbocycles. The number of aliphatic hydroxyl groups is 3. The number of aryl methyl sites for hydroxylation is 1. The predicted octanol–water partition coefficient (Wildman–Crippen LogP) is 2.24. The molecule has 3 aliphatic rings. The highest BCUT2D eigenvalue weighted by Crippen LogP contribution is 2.39. The Labute approximate surface area is 384 Å². The summed E-state index contributed by atoms with van der Waals surface area (Å²) in [6.45, 7) is 2.92. The summed E-state index contributed by atoms with van der Waals surface area (Å²) in [5.41, 5.74) is 7.93. The van der Waals surface area contributed by atoms with Gasteiger partial charge in [-0.25, -0.2) is 9.97 Å². The van der Waals surface area contributed by atoms with Gasteiger partial charge in [-0.05, 0) is 61.1 Å². The van der Waals surface area contributed by atoms with Gasteiger partial charge < -0.3 is 54.0 Å². The monoisotopic (exact) mass is 936 g/mol. The van der Waals surface area contributed by atoms with Crippen molar-refractivity contribution in [1.29, 1.82) is 0 Å². The average Bonchev–Trinajstić information content (AvgIpc) is 3.95. The number of benzene rings is 2. The number of piperidine rings is 1. The Morgan fingerprint density at radius 2 is 1.61 bits per heavy atom. The van der Waals surface area contributed by atoms with Crippen LogP contribution in [0, 0.1) is 0 Å². The number of rotatable bonds is 25. The van der Waals surface area contributed by atoms with Gasteiger partial charge in [-0.15, -0.1) is 0 Å². The molecular formula is C45H53ClN6O14. The lowest BCUT2D eigenvalue weighted by atomic mass is 9.99. The van der Waals surface area contributed by atoms with E-state index in [1.807, 2.05) is 0 Å². The fraction of sp³-hybridized carbons (Fsp3) is 0.489. The van der Waals surface area contributed by atoms with Crippen molar-refractivity contribution in [3.05, 3.63) is 82.3 Å². The van der Waals surface area contributed by atoms with Gasteiger partial charge in [0.05, 0.1) is 74.4 Å². The molecule has 0 spiro atoms. The molecule has 354 valence electrons. The number of imide groups is 2. The molecule has 3 aliphatic heterocycles. The lowest BCUT2D eigenvalue weighted by Gasteiger charge is -2.27. The number of fused-ring (bicyclic) bond motifs is 2. The third-order valence-electron chi connectivity index (χ3n) is 11.5. The van der Waals surface area contributed by atoms with E-state index < -0.39 is 60.3 Å². The van der Waals surface area contributed by atoms with Crippen LogP contribution in [-0.4, -0.2) is 148 Å². The number of nitrogens with zero attached hydrogens (tertiary/aromatic N) is 4. The second-order valence-electron chi connectivity index (χ2n) is 15.9. The van der Waals surface area contributed by atoms with Crippen molar-refractivity contribution in [2.45, 2.75) is 81.6 Å². The molecule has 1 unspecified atom stereocenters. The number of carbonyl (C=O) groups is 5. The number of anilines is 1. The average molecular weight is 937 g/mol. The number of Topliss-reactive ketones (excluding diaryl/α,β-unsaturated/α-hetero) is 1. The molecular weight excluding hydrogens is 884 g/mol. The quantitative estimate of drug-likeness (QED) is 0.0471. The fourth-order valence-electron chi connectivity index (χ4n) is 8.06. The Morgan fingerprint density at radius 1 is 0.879 bits per heavy atom. The Kier molecular flexibility index (Phi) is 16.8. The maximum absolute atomic E-state index is 13.2. The number of nitrogen functional groups attached to an aromatic ring is 1. The molecule has 2 fully saturated rings.